The molecule has 0 unspecified atom stereocenters. The largest absolute Gasteiger partial charge is 0.281 e. The first-order valence-electron chi connectivity index (χ1n) is 9.32. The lowest BCUT2D eigenvalue weighted by molar-refractivity contribution is -0.114. The van der Waals surface area contributed by atoms with Gasteiger partial charge in [0, 0.05) is 4.47 Å². The second-order valence-corrected chi connectivity index (χ2v) is 7.59. The highest BCUT2D eigenvalue weighted by atomic mass is 79.9. The van der Waals surface area contributed by atoms with E-state index < -0.39 is 0 Å². The number of benzene rings is 3. The molecule has 0 saturated heterocycles. The summed E-state index contributed by atoms with van der Waals surface area (Å²) in [5.74, 6) is -0.121. The van der Waals surface area contributed by atoms with Crippen LogP contribution in [-0.4, -0.2) is 11.6 Å². The van der Waals surface area contributed by atoms with Crippen LogP contribution in [0.2, 0.25) is 0 Å². The molecule has 3 aromatic carbocycles. The quantitative estimate of drug-likeness (QED) is 0.433. The zero-order valence-electron chi connectivity index (χ0n) is 15.9. The predicted octanol–water partition coefficient (Wildman–Crippen LogP) is 6.34. The Morgan fingerprint density at radius 1 is 0.897 bits per heavy atom. The van der Waals surface area contributed by atoms with E-state index >= 15 is 0 Å². The standard InChI is InChI=1S/C25H19BrN2O/c1-18-24(25(29)28(27-18)22-10-6-3-7-11-22)23(20-13-15-21(26)16-14-20)17-12-19-8-4-2-5-9-19/h2-17H,1H3. The van der Waals surface area contributed by atoms with Gasteiger partial charge in [0.2, 0.25) is 0 Å². The van der Waals surface area contributed by atoms with Crippen LogP contribution in [0.3, 0.4) is 0 Å². The Bertz CT molecular complexity index is 1110. The van der Waals surface area contributed by atoms with Gasteiger partial charge in [0.25, 0.3) is 5.91 Å². The van der Waals surface area contributed by atoms with E-state index in [1.54, 1.807) is 0 Å². The average molecular weight is 443 g/mol. The van der Waals surface area contributed by atoms with E-state index in [1.807, 2.05) is 104 Å². The van der Waals surface area contributed by atoms with Gasteiger partial charge in [0.05, 0.1) is 17.0 Å². The highest BCUT2D eigenvalue weighted by Gasteiger charge is 2.31. The van der Waals surface area contributed by atoms with Crippen LogP contribution in [0, 0.1) is 0 Å². The van der Waals surface area contributed by atoms with E-state index in [-0.39, 0.29) is 5.91 Å². The van der Waals surface area contributed by atoms with Crippen molar-refractivity contribution in [2.75, 3.05) is 5.01 Å². The Kier molecular flexibility index (Phi) is 5.54. The van der Waals surface area contributed by atoms with Crippen LogP contribution in [-0.2, 0) is 4.79 Å². The molecule has 0 aromatic heterocycles. The van der Waals surface area contributed by atoms with E-state index in [4.69, 9.17) is 0 Å². The molecule has 0 N–H and O–H groups in total. The molecule has 0 radical (unpaired) electrons. The van der Waals surface area contributed by atoms with Crippen molar-refractivity contribution in [1.82, 2.24) is 0 Å². The summed E-state index contributed by atoms with van der Waals surface area (Å²) in [6.45, 7) is 1.88. The van der Waals surface area contributed by atoms with Crippen molar-refractivity contribution in [2.45, 2.75) is 6.92 Å². The topological polar surface area (TPSA) is 32.7 Å². The SMILES string of the molecule is CC1=NN(c2ccccc2)C(=O)C1=C(C=Cc1ccccc1)c1ccc(Br)cc1. The molecule has 0 fully saturated rings. The minimum atomic E-state index is -0.121. The van der Waals surface area contributed by atoms with E-state index in [0.29, 0.717) is 11.3 Å². The van der Waals surface area contributed by atoms with Gasteiger partial charge in [-0.2, -0.15) is 10.1 Å². The molecule has 1 aliphatic heterocycles. The third-order valence-electron chi connectivity index (χ3n) is 4.69. The lowest BCUT2D eigenvalue weighted by Crippen LogP contribution is -2.21. The van der Waals surface area contributed by atoms with Crippen molar-refractivity contribution < 1.29 is 4.79 Å². The first-order valence-corrected chi connectivity index (χ1v) is 10.1. The number of hydrogen-bond acceptors (Lipinski definition) is 2. The number of allylic oxidation sites excluding steroid dienone is 2. The van der Waals surface area contributed by atoms with E-state index in [2.05, 4.69) is 21.0 Å². The number of hydrogen-bond donors (Lipinski definition) is 0. The summed E-state index contributed by atoms with van der Waals surface area (Å²) in [6, 6.07) is 27.5. The number of amides is 1. The zero-order valence-corrected chi connectivity index (χ0v) is 17.5. The summed E-state index contributed by atoms with van der Waals surface area (Å²) < 4.78 is 0.992. The molecule has 4 rings (SSSR count). The number of rotatable bonds is 4. The summed E-state index contributed by atoms with van der Waals surface area (Å²) in [6.07, 6.45) is 4.02. The maximum Gasteiger partial charge on any atom is 0.281 e. The minimum absolute atomic E-state index is 0.121. The van der Waals surface area contributed by atoms with Crippen molar-refractivity contribution in [1.29, 1.82) is 0 Å². The Morgan fingerprint density at radius 3 is 2.17 bits per heavy atom. The number of para-hydroxylation sites is 1. The van der Waals surface area contributed by atoms with Gasteiger partial charge in [-0.3, -0.25) is 4.79 Å². The monoisotopic (exact) mass is 442 g/mol. The molecule has 29 heavy (non-hydrogen) atoms. The molecule has 0 spiro atoms. The van der Waals surface area contributed by atoms with Gasteiger partial charge in [-0.15, -0.1) is 0 Å². The van der Waals surface area contributed by atoms with Crippen molar-refractivity contribution in [3.63, 3.8) is 0 Å². The van der Waals surface area contributed by atoms with Gasteiger partial charge in [-0.05, 0) is 47.9 Å². The number of hydrazone groups is 1. The Balaban J connectivity index is 1.82. The van der Waals surface area contributed by atoms with Gasteiger partial charge in [-0.25, -0.2) is 0 Å². The highest BCUT2D eigenvalue weighted by molar-refractivity contribution is 9.10. The summed E-state index contributed by atoms with van der Waals surface area (Å²) in [5, 5.41) is 6.01. The molecular weight excluding hydrogens is 424 g/mol. The van der Waals surface area contributed by atoms with Gasteiger partial charge >= 0.3 is 0 Å². The zero-order chi connectivity index (χ0) is 20.2. The molecule has 1 heterocycles. The second kappa shape index (κ2) is 8.41. The van der Waals surface area contributed by atoms with Crippen LogP contribution in [0.15, 0.2) is 106 Å². The normalized spacial score (nSPS) is 15.7. The second-order valence-electron chi connectivity index (χ2n) is 6.68. The summed E-state index contributed by atoms with van der Waals surface area (Å²) in [7, 11) is 0. The first kappa shape index (κ1) is 19.1. The maximum atomic E-state index is 13.3. The van der Waals surface area contributed by atoms with Crippen molar-refractivity contribution in [3.8, 4) is 0 Å². The van der Waals surface area contributed by atoms with Gasteiger partial charge in [-0.1, -0.05) is 88.7 Å². The van der Waals surface area contributed by atoms with E-state index in [0.717, 1.165) is 26.9 Å². The molecular formula is C25H19BrN2O. The Morgan fingerprint density at radius 2 is 1.52 bits per heavy atom. The van der Waals surface area contributed by atoms with Crippen LogP contribution < -0.4 is 5.01 Å². The van der Waals surface area contributed by atoms with Crippen LogP contribution in [0.4, 0.5) is 5.69 Å². The molecule has 1 amide bonds. The molecule has 0 bridgehead atoms. The Hall–Kier alpha value is -3.24. The molecule has 0 aliphatic carbocycles. The molecule has 4 heteroatoms. The highest BCUT2D eigenvalue weighted by Crippen LogP contribution is 2.31. The van der Waals surface area contributed by atoms with Crippen LogP contribution in [0.25, 0.3) is 11.6 Å². The number of carbonyl (C=O) groups is 1. The smallest absolute Gasteiger partial charge is 0.267 e. The Labute approximate surface area is 178 Å². The van der Waals surface area contributed by atoms with Crippen LogP contribution in [0.5, 0.6) is 0 Å². The number of halogens is 1. The summed E-state index contributed by atoms with van der Waals surface area (Å²) in [5.41, 5.74) is 4.97. The number of anilines is 1. The van der Waals surface area contributed by atoms with Gasteiger partial charge in [0.15, 0.2) is 0 Å². The van der Waals surface area contributed by atoms with E-state index in [9.17, 15) is 4.79 Å². The van der Waals surface area contributed by atoms with Crippen molar-refractivity contribution in [3.05, 3.63) is 112 Å². The summed E-state index contributed by atoms with van der Waals surface area (Å²) in [4.78, 5) is 13.3. The lowest BCUT2D eigenvalue weighted by atomic mass is 9.96. The fourth-order valence-corrected chi connectivity index (χ4v) is 3.52. The van der Waals surface area contributed by atoms with Crippen molar-refractivity contribution >= 4 is 44.9 Å². The molecule has 1 aliphatic rings. The number of nitrogens with zero attached hydrogens (tertiary/aromatic N) is 2. The van der Waals surface area contributed by atoms with Gasteiger partial charge in [0.1, 0.15) is 0 Å². The molecule has 0 atom stereocenters. The van der Waals surface area contributed by atoms with Crippen LogP contribution in [0.1, 0.15) is 18.1 Å². The molecule has 0 saturated carbocycles. The number of carbonyl (C=O) groups excluding carboxylic acids is 1. The fraction of sp³-hybridized carbons (Fsp3) is 0.0400. The van der Waals surface area contributed by atoms with Crippen molar-refractivity contribution in [2.24, 2.45) is 5.10 Å². The molecule has 142 valence electrons. The van der Waals surface area contributed by atoms with E-state index in [1.165, 1.54) is 5.01 Å². The third-order valence-corrected chi connectivity index (χ3v) is 5.21. The first-order chi connectivity index (χ1) is 14.1. The molecule has 3 aromatic rings. The molecule has 3 nitrogen and oxygen atoms in total. The van der Waals surface area contributed by atoms with Crippen LogP contribution >= 0.6 is 15.9 Å². The van der Waals surface area contributed by atoms with Gasteiger partial charge < -0.3 is 0 Å². The fourth-order valence-electron chi connectivity index (χ4n) is 3.26. The average Bonchev–Trinajstić information content (AvgIpc) is 3.05. The summed E-state index contributed by atoms with van der Waals surface area (Å²) >= 11 is 3.48. The third kappa shape index (κ3) is 4.13. The minimum Gasteiger partial charge on any atom is -0.267 e. The predicted molar refractivity (Wildman–Crippen MR) is 124 cm³/mol. The maximum absolute atomic E-state index is 13.3. The lowest BCUT2D eigenvalue weighted by Gasteiger charge is -2.13.